The lowest BCUT2D eigenvalue weighted by Gasteiger charge is -2.08. The Morgan fingerprint density at radius 3 is 2.27 bits per heavy atom. The monoisotopic (exact) mass is 328 g/mol. The van der Waals surface area contributed by atoms with Gasteiger partial charge >= 0.3 is 12.0 Å². The summed E-state index contributed by atoms with van der Waals surface area (Å²) < 4.78 is 30.5. The molecule has 120 valence electrons. The summed E-state index contributed by atoms with van der Waals surface area (Å²) in [6.07, 6.45) is 0.693. The molecular weight excluding hydrogens is 312 g/mol. The van der Waals surface area contributed by atoms with Gasteiger partial charge in [0.15, 0.2) is 0 Å². The molecule has 0 saturated carbocycles. The van der Waals surface area contributed by atoms with Crippen LogP contribution in [0.15, 0.2) is 41.3 Å². The highest BCUT2D eigenvalue weighted by molar-refractivity contribution is 7.85. The van der Waals surface area contributed by atoms with Gasteiger partial charge in [-0.15, -0.1) is 0 Å². The molecule has 0 spiro atoms. The summed E-state index contributed by atoms with van der Waals surface area (Å²) in [5.41, 5.74) is 0.419. The van der Waals surface area contributed by atoms with Gasteiger partial charge in [-0.1, -0.05) is 6.58 Å². The first-order valence-electron chi connectivity index (χ1n) is 6.23. The van der Waals surface area contributed by atoms with E-state index in [9.17, 15) is 18.0 Å². The fraction of sp³-hybridized carbons (Fsp3) is 0.231. The second-order valence-corrected chi connectivity index (χ2v) is 5.81. The number of rotatable bonds is 7. The Labute approximate surface area is 127 Å². The minimum absolute atomic E-state index is 0.0722. The Balaban J connectivity index is 2.39. The molecule has 9 heteroatoms. The number of aliphatic carboxylic acids is 1. The SMILES string of the molecule is C=C(CCCNC(=O)Nc1ccc(S(=O)(=O)O)cc1)C(=O)O. The number of nitrogens with one attached hydrogen (secondary N) is 2. The maximum absolute atomic E-state index is 11.5. The third-order valence-corrected chi connectivity index (χ3v) is 3.52. The molecule has 0 atom stereocenters. The van der Waals surface area contributed by atoms with Crippen LogP contribution < -0.4 is 10.6 Å². The van der Waals surface area contributed by atoms with Gasteiger partial charge in [-0.3, -0.25) is 4.55 Å². The van der Waals surface area contributed by atoms with E-state index in [4.69, 9.17) is 9.66 Å². The van der Waals surface area contributed by atoms with E-state index in [0.717, 1.165) is 12.1 Å². The average Bonchev–Trinajstić information content (AvgIpc) is 2.42. The van der Waals surface area contributed by atoms with E-state index in [0.29, 0.717) is 12.1 Å². The number of anilines is 1. The van der Waals surface area contributed by atoms with Crippen LogP contribution >= 0.6 is 0 Å². The molecule has 0 aliphatic carbocycles. The zero-order chi connectivity index (χ0) is 16.8. The van der Waals surface area contributed by atoms with Crippen LogP contribution in [0.25, 0.3) is 0 Å². The molecule has 4 N–H and O–H groups in total. The first-order chi connectivity index (χ1) is 10.2. The van der Waals surface area contributed by atoms with Gasteiger partial charge in [0, 0.05) is 17.8 Å². The summed E-state index contributed by atoms with van der Waals surface area (Å²) in [5.74, 6) is -1.07. The van der Waals surface area contributed by atoms with Crippen molar-refractivity contribution in [2.24, 2.45) is 0 Å². The minimum atomic E-state index is -4.27. The highest BCUT2D eigenvalue weighted by Gasteiger charge is 2.09. The quantitative estimate of drug-likeness (QED) is 0.340. The smallest absolute Gasteiger partial charge is 0.330 e. The summed E-state index contributed by atoms with van der Waals surface area (Å²) >= 11 is 0. The molecule has 2 amide bonds. The van der Waals surface area contributed by atoms with Crippen LogP contribution in [0.4, 0.5) is 10.5 Å². The Morgan fingerprint density at radius 2 is 1.77 bits per heavy atom. The zero-order valence-corrected chi connectivity index (χ0v) is 12.4. The average molecular weight is 328 g/mol. The van der Waals surface area contributed by atoms with Crippen molar-refractivity contribution in [1.29, 1.82) is 0 Å². The lowest BCUT2D eigenvalue weighted by Crippen LogP contribution is -2.29. The molecule has 0 saturated heterocycles. The third kappa shape index (κ3) is 5.94. The predicted molar refractivity (Wildman–Crippen MR) is 79.3 cm³/mol. The van der Waals surface area contributed by atoms with Crippen LogP contribution in [0.3, 0.4) is 0 Å². The molecule has 1 aromatic carbocycles. The molecule has 1 aromatic rings. The number of carbonyl (C=O) groups is 2. The summed E-state index contributed by atoms with van der Waals surface area (Å²) in [7, 11) is -4.27. The number of amides is 2. The maximum atomic E-state index is 11.5. The van der Waals surface area contributed by atoms with E-state index in [1.165, 1.54) is 12.1 Å². The first kappa shape index (κ1) is 17.7. The third-order valence-electron chi connectivity index (χ3n) is 2.65. The first-order valence-corrected chi connectivity index (χ1v) is 7.67. The summed E-state index contributed by atoms with van der Waals surface area (Å²) in [4.78, 5) is 21.8. The lowest BCUT2D eigenvalue weighted by molar-refractivity contribution is -0.132. The van der Waals surface area contributed by atoms with Crippen molar-refractivity contribution < 1.29 is 27.7 Å². The Hall–Kier alpha value is -2.39. The number of carboxylic acids is 1. The normalized spacial score (nSPS) is 10.8. The van der Waals surface area contributed by atoms with Gasteiger partial charge in [-0.2, -0.15) is 8.42 Å². The number of carboxylic acid groups (broad SMARTS) is 1. The van der Waals surface area contributed by atoms with E-state index < -0.39 is 22.1 Å². The van der Waals surface area contributed by atoms with Crippen molar-refractivity contribution >= 4 is 27.8 Å². The fourth-order valence-electron chi connectivity index (χ4n) is 1.50. The zero-order valence-electron chi connectivity index (χ0n) is 11.6. The number of benzene rings is 1. The largest absolute Gasteiger partial charge is 0.478 e. The lowest BCUT2D eigenvalue weighted by atomic mass is 10.2. The standard InChI is InChI=1S/C13H16N2O6S/c1-9(12(16)17)3-2-8-14-13(18)15-10-4-6-11(7-5-10)22(19,20)21/h4-7H,1-3,8H2,(H,16,17)(H2,14,15,18)(H,19,20,21). The van der Waals surface area contributed by atoms with E-state index in [1.54, 1.807) is 0 Å². The molecule has 22 heavy (non-hydrogen) atoms. The Morgan fingerprint density at radius 1 is 1.18 bits per heavy atom. The summed E-state index contributed by atoms with van der Waals surface area (Å²) in [6, 6.07) is 4.45. The van der Waals surface area contributed by atoms with Crippen LogP contribution in [0, 0.1) is 0 Å². The van der Waals surface area contributed by atoms with Gasteiger partial charge in [-0.05, 0) is 37.1 Å². The van der Waals surface area contributed by atoms with Crippen LogP contribution in [0.1, 0.15) is 12.8 Å². The summed E-state index contributed by atoms with van der Waals surface area (Å²) in [5, 5.41) is 13.6. The van der Waals surface area contributed by atoms with Crippen LogP contribution in [0.5, 0.6) is 0 Å². The van der Waals surface area contributed by atoms with E-state index in [2.05, 4.69) is 17.2 Å². The van der Waals surface area contributed by atoms with Crippen LogP contribution in [-0.4, -0.2) is 36.6 Å². The maximum Gasteiger partial charge on any atom is 0.330 e. The van der Waals surface area contributed by atoms with Crippen molar-refractivity contribution in [1.82, 2.24) is 5.32 Å². The van der Waals surface area contributed by atoms with Crippen molar-refractivity contribution in [3.63, 3.8) is 0 Å². The second kappa shape index (κ2) is 7.57. The Kier molecular flexibility index (Phi) is 6.08. The number of hydrogen-bond acceptors (Lipinski definition) is 4. The molecule has 0 unspecified atom stereocenters. The second-order valence-electron chi connectivity index (χ2n) is 4.39. The van der Waals surface area contributed by atoms with Gasteiger partial charge in [0.05, 0.1) is 4.90 Å². The van der Waals surface area contributed by atoms with Crippen LogP contribution in [-0.2, 0) is 14.9 Å². The Bertz CT molecular complexity index is 666. The number of urea groups is 1. The highest BCUT2D eigenvalue weighted by Crippen LogP contribution is 2.13. The fourth-order valence-corrected chi connectivity index (χ4v) is 1.98. The van der Waals surface area contributed by atoms with Gasteiger partial charge in [0.2, 0.25) is 0 Å². The van der Waals surface area contributed by atoms with Crippen molar-refractivity contribution in [2.45, 2.75) is 17.7 Å². The van der Waals surface area contributed by atoms with Crippen molar-refractivity contribution in [2.75, 3.05) is 11.9 Å². The number of hydrogen-bond donors (Lipinski definition) is 4. The summed E-state index contributed by atoms with van der Waals surface area (Å²) in [6.45, 7) is 3.63. The van der Waals surface area contributed by atoms with E-state index in [1.807, 2.05) is 0 Å². The molecular formula is C13H16N2O6S. The van der Waals surface area contributed by atoms with E-state index >= 15 is 0 Å². The molecule has 0 fully saturated rings. The molecule has 0 aliphatic rings. The molecule has 0 bridgehead atoms. The topological polar surface area (TPSA) is 133 Å². The van der Waals surface area contributed by atoms with Gasteiger partial charge < -0.3 is 15.7 Å². The molecule has 0 aliphatic heterocycles. The predicted octanol–water partition coefficient (Wildman–Crippen LogP) is 1.48. The molecule has 0 radical (unpaired) electrons. The number of carbonyl (C=O) groups excluding carboxylic acids is 1. The molecule has 0 aromatic heterocycles. The van der Waals surface area contributed by atoms with Crippen LogP contribution in [0.2, 0.25) is 0 Å². The van der Waals surface area contributed by atoms with Crippen molar-refractivity contribution in [3.05, 3.63) is 36.4 Å². The molecule has 1 rings (SSSR count). The highest BCUT2D eigenvalue weighted by atomic mass is 32.2. The van der Waals surface area contributed by atoms with Crippen molar-refractivity contribution in [3.8, 4) is 0 Å². The van der Waals surface area contributed by atoms with Gasteiger partial charge in [-0.25, -0.2) is 9.59 Å². The molecule has 8 nitrogen and oxygen atoms in total. The van der Waals surface area contributed by atoms with Gasteiger partial charge in [0.25, 0.3) is 10.1 Å². The minimum Gasteiger partial charge on any atom is -0.478 e. The van der Waals surface area contributed by atoms with Gasteiger partial charge in [0.1, 0.15) is 0 Å². The molecule has 0 heterocycles. The van der Waals surface area contributed by atoms with E-state index in [-0.39, 0.29) is 23.4 Å².